The van der Waals surface area contributed by atoms with Crippen LogP contribution in [0.1, 0.15) is 19.8 Å². The maximum absolute atomic E-state index is 11.1. The number of nitrogens with one attached hydrogen (secondary N) is 1. The Balaban J connectivity index is 2.63. The second-order valence-corrected chi connectivity index (χ2v) is 3.72. The van der Waals surface area contributed by atoms with Gasteiger partial charge in [0.25, 0.3) is 0 Å². The minimum Gasteiger partial charge on any atom is -0.480 e. The number of aliphatic carboxylic acids is 1. The molecule has 1 heterocycles. The summed E-state index contributed by atoms with van der Waals surface area (Å²) in [5, 5.41) is 12.2. The number of likely N-dealkylation sites (N-methyl/N-ethyl adjacent to an activating group) is 1. The zero-order valence-corrected chi connectivity index (χ0v) is 8.34. The number of likely N-dealkylation sites (tertiary alicyclic amines) is 1. The summed E-state index contributed by atoms with van der Waals surface area (Å²) in [7, 11) is 2.03. The summed E-state index contributed by atoms with van der Waals surface area (Å²) in [6.07, 6.45) is 1.40. The van der Waals surface area contributed by atoms with Gasteiger partial charge in [0.05, 0.1) is 0 Å². The van der Waals surface area contributed by atoms with Crippen LogP contribution < -0.4 is 5.32 Å². The molecule has 0 spiro atoms. The molecule has 0 aliphatic carbocycles. The molecule has 4 heteroatoms. The summed E-state index contributed by atoms with van der Waals surface area (Å²) in [6.45, 7) is 4.39. The van der Waals surface area contributed by atoms with E-state index in [-0.39, 0.29) is 0 Å². The molecule has 0 unspecified atom stereocenters. The van der Waals surface area contributed by atoms with E-state index in [4.69, 9.17) is 5.11 Å². The average Bonchev–Trinajstić information content (AvgIpc) is 2.09. The van der Waals surface area contributed by atoms with Crippen LogP contribution in [0.2, 0.25) is 0 Å². The monoisotopic (exact) mass is 186 g/mol. The molecule has 4 nitrogen and oxygen atoms in total. The first-order chi connectivity index (χ1) is 6.10. The molecule has 0 bridgehead atoms. The molecule has 0 radical (unpaired) electrons. The number of piperidine rings is 1. The highest BCUT2D eigenvalue weighted by Crippen LogP contribution is 2.21. The third-order valence-corrected chi connectivity index (χ3v) is 2.77. The predicted molar refractivity (Wildman–Crippen MR) is 50.8 cm³/mol. The molecule has 1 aliphatic rings. The lowest BCUT2D eigenvalue weighted by Crippen LogP contribution is -2.57. The molecule has 13 heavy (non-hydrogen) atoms. The second-order valence-electron chi connectivity index (χ2n) is 3.72. The standard InChI is InChI=1S/C9H18N2O2/c1-3-10-9(8(12)13)4-6-11(2)7-5-9/h10H,3-7H2,1-2H3,(H,12,13). The normalized spacial score (nSPS) is 22.9. The van der Waals surface area contributed by atoms with Gasteiger partial charge in [0, 0.05) is 13.1 Å². The van der Waals surface area contributed by atoms with Crippen molar-refractivity contribution < 1.29 is 9.90 Å². The first-order valence-corrected chi connectivity index (χ1v) is 4.78. The van der Waals surface area contributed by atoms with Crippen molar-refractivity contribution in [1.82, 2.24) is 10.2 Å². The molecule has 0 saturated carbocycles. The van der Waals surface area contributed by atoms with Gasteiger partial charge in [-0.15, -0.1) is 0 Å². The molecule has 1 fully saturated rings. The molecule has 76 valence electrons. The lowest BCUT2D eigenvalue weighted by atomic mass is 9.88. The third kappa shape index (κ3) is 2.19. The highest BCUT2D eigenvalue weighted by Gasteiger charge is 2.39. The summed E-state index contributed by atoms with van der Waals surface area (Å²) < 4.78 is 0. The first kappa shape index (κ1) is 10.5. The molecule has 0 aromatic rings. The number of carboxylic acids is 1. The SMILES string of the molecule is CCNC1(C(=O)O)CCN(C)CC1. The number of nitrogens with zero attached hydrogens (tertiary/aromatic N) is 1. The van der Waals surface area contributed by atoms with Gasteiger partial charge in [-0.2, -0.15) is 0 Å². The summed E-state index contributed by atoms with van der Waals surface area (Å²) in [5.74, 6) is -0.706. The number of hydrogen-bond acceptors (Lipinski definition) is 3. The molecule has 0 atom stereocenters. The van der Waals surface area contributed by atoms with E-state index in [1.807, 2.05) is 14.0 Å². The smallest absolute Gasteiger partial charge is 0.323 e. The van der Waals surface area contributed by atoms with Crippen molar-refractivity contribution in [2.24, 2.45) is 0 Å². The molecule has 0 aromatic carbocycles. The van der Waals surface area contributed by atoms with Gasteiger partial charge in [-0.25, -0.2) is 0 Å². The Labute approximate surface area is 78.9 Å². The van der Waals surface area contributed by atoms with Gasteiger partial charge in [-0.1, -0.05) is 6.92 Å². The molecular weight excluding hydrogens is 168 g/mol. The fraction of sp³-hybridized carbons (Fsp3) is 0.889. The van der Waals surface area contributed by atoms with Crippen LogP contribution in [0.25, 0.3) is 0 Å². The van der Waals surface area contributed by atoms with Crippen molar-refractivity contribution in [3.8, 4) is 0 Å². The van der Waals surface area contributed by atoms with Gasteiger partial charge in [-0.3, -0.25) is 4.79 Å². The second kappa shape index (κ2) is 4.07. The Hall–Kier alpha value is -0.610. The molecular formula is C9H18N2O2. The van der Waals surface area contributed by atoms with E-state index in [9.17, 15) is 4.79 Å². The van der Waals surface area contributed by atoms with Crippen LogP contribution in [0.3, 0.4) is 0 Å². The van der Waals surface area contributed by atoms with E-state index in [0.29, 0.717) is 12.8 Å². The summed E-state index contributed by atoms with van der Waals surface area (Å²) >= 11 is 0. The number of carbonyl (C=O) groups is 1. The number of rotatable bonds is 3. The maximum atomic E-state index is 11.1. The highest BCUT2D eigenvalue weighted by molar-refractivity contribution is 5.79. The molecule has 1 saturated heterocycles. The zero-order chi connectivity index (χ0) is 9.90. The minimum absolute atomic E-state index is 0.665. The summed E-state index contributed by atoms with van der Waals surface area (Å²) in [4.78, 5) is 13.3. The topological polar surface area (TPSA) is 52.6 Å². The van der Waals surface area contributed by atoms with Crippen molar-refractivity contribution in [2.45, 2.75) is 25.3 Å². The first-order valence-electron chi connectivity index (χ1n) is 4.78. The quantitative estimate of drug-likeness (QED) is 0.658. The predicted octanol–water partition coefficient (Wildman–Crippen LogP) is 0.145. The van der Waals surface area contributed by atoms with Crippen LogP contribution in [0.5, 0.6) is 0 Å². The van der Waals surface area contributed by atoms with E-state index in [1.165, 1.54) is 0 Å². The molecule has 1 aliphatic heterocycles. The lowest BCUT2D eigenvalue weighted by Gasteiger charge is -2.37. The molecule has 2 N–H and O–H groups in total. The summed E-state index contributed by atoms with van der Waals surface area (Å²) in [6, 6.07) is 0. The molecule has 0 amide bonds. The van der Waals surface area contributed by atoms with E-state index in [1.54, 1.807) is 0 Å². The zero-order valence-electron chi connectivity index (χ0n) is 8.34. The van der Waals surface area contributed by atoms with E-state index in [2.05, 4.69) is 10.2 Å². The lowest BCUT2D eigenvalue weighted by molar-refractivity contribution is -0.147. The Morgan fingerprint density at radius 2 is 2.08 bits per heavy atom. The fourth-order valence-corrected chi connectivity index (χ4v) is 1.80. The minimum atomic E-state index is -0.706. The Bertz CT molecular complexity index is 186. The Morgan fingerprint density at radius 3 is 2.46 bits per heavy atom. The van der Waals surface area contributed by atoms with Crippen molar-refractivity contribution in [1.29, 1.82) is 0 Å². The van der Waals surface area contributed by atoms with Crippen molar-refractivity contribution >= 4 is 5.97 Å². The van der Waals surface area contributed by atoms with Gasteiger partial charge in [0.2, 0.25) is 0 Å². The summed E-state index contributed by atoms with van der Waals surface area (Å²) in [5.41, 5.74) is -0.665. The van der Waals surface area contributed by atoms with Gasteiger partial charge in [-0.05, 0) is 26.4 Å². The Kier molecular flexibility index (Phi) is 3.27. The van der Waals surface area contributed by atoms with E-state index < -0.39 is 11.5 Å². The van der Waals surface area contributed by atoms with Crippen LogP contribution in [0.4, 0.5) is 0 Å². The number of carboxylic acid groups (broad SMARTS) is 1. The van der Waals surface area contributed by atoms with Crippen molar-refractivity contribution in [3.05, 3.63) is 0 Å². The maximum Gasteiger partial charge on any atom is 0.323 e. The third-order valence-electron chi connectivity index (χ3n) is 2.77. The molecule has 0 aromatic heterocycles. The van der Waals surface area contributed by atoms with Crippen LogP contribution in [0, 0.1) is 0 Å². The van der Waals surface area contributed by atoms with Gasteiger partial charge in [0.1, 0.15) is 5.54 Å². The Morgan fingerprint density at radius 1 is 1.54 bits per heavy atom. The van der Waals surface area contributed by atoms with Crippen LogP contribution >= 0.6 is 0 Å². The van der Waals surface area contributed by atoms with Crippen LogP contribution in [-0.4, -0.2) is 48.2 Å². The van der Waals surface area contributed by atoms with Gasteiger partial charge in [0.15, 0.2) is 0 Å². The van der Waals surface area contributed by atoms with Gasteiger partial charge < -0.3 is 15.3 Å². The van der Waals surface area contributed by atoms with E-state index >= 15 is 0 Å². The van der Waals surface area contributed by atoms with Crippen molar-refractivity contribution in [2.75, 3.05) is 26.7 Å². The van der Waals surface area contributed by atoms with Crippen LogP contribution in [-0.2, 0) is 4.79 Å². The van der Waals surface area contributed by atoms with Crippen molar-refractivity contribution in [3.63, 3.8) is 0 Å². The number of hydrogen-bond donors (Lipinski definition) is 2. The fourth-order valence-electron chi connectivity index (χ4n) is 1.80. The molecule has 1 rings (SSSR count). The van der Waals surface area contributed by atoms with E-state index in [0.717, 1.165) is 19.6 Å². The van der Waals surface area contributed by atoms with Gasteiger partial charge >= 0.3 is 5.97 Å². The average molecular weight is 186 g/mol. The van der Waals surface area contributed by atoms with Crippen LogP contribution in [0.15, 0.2) is 0 Å². The largest absolute Gasteiger partial charge is 0.480 e. The highest BCUT2D eigenvalue weighted by atomic mass is 16.4.